The Hall–Kier alpha value is -1.03. The van der Waals surface area contributed by atoms with Gasteiger partial charge in [0, 0.05) is 5.54 Å². The minimum Gasteiger partial charge on any atom is -0.321 e. The van der Waals surface area contributed by atoms with Crippen LogP contribution in [0.25, 0.3) is 0 Å². The van der Waals surface area contributed by atoms with Crippen molar-refractivity contribution in [1.29, 1.82) is 0 Å². The minimum absolute atomic E-state index is 0.000158. The molecule has 1 fully saturated rings. The molecule has 1 aliphatic rings. The summed E-state index contributed by atoms with van der Waals surface area (Å²) < 4.78 is 39.0. The highest BCUT2D eigenvalue weighted by molar-refractivity contribution is 5.40. The highest BCUT2D eigenvalue weighted by Crippen LogP contribution is 2.45. The van der Waals surface area contributed by atoms with Crippen molar-refractivity contribution >= 4 is 0 Å². The summed E-state index contributed by atoms with van der Waals surface area (Å²) in [7, 11) is 0. The van der Waals surface area contributed by atoms with E-state index in [4.69, 9.17) is 5.73 Å². The molecule has 1 aromatic rings. The van der Waals surface area contributed by atoms with Gasteiger partial charge in [0.05, 0.1) is 5.92 Å². The number of aryl methyl sites for hydroxylation is 3. The lowest BCUT2D eigenvalue weighted by atomic mass is 9.71. The molecule has 2 N–H and O–H groups in total. The number of rotatable bonds is 1. The van der Waals surface area contributed by atoms with E-state index in [0.29, 0.717) is 12.8 Å². The lowest BCUT2D eigenvalue weighted by Gasteiger charge is -2.40. The SMILES string of the molecule is Cc1cc(C)c(C2(N)CCCC(C(F)(F)F)C2)cc1C. The van der Waals surface area contributed by atoms with Crippen molar-refractivity contribution < 1.29 is 13.2 Å². The molecule has 2 unspecified atom stereocenters. The van der Waals surface area contributed by atoms with Gasteiger partial charge < -0.3 is 5.73 Å². The number of hydrogen-bond acceptors (Lipinski definition) is 1. The fraction of sp³-hybridized carbons (Fsp3) is 0.625. The first-order valence-electron chi connectivity index (χ1n) is 7.07. The van der Waals surface area contributed by atoms with E-state index in [9.17, 15) is 13.2 Å². The summed E-state index contributed by atoms with van der Waals surface area (Å²) in [6.07, 6.45) is -2.78. The second-order valence-corrected chi connectivity index (χ2v) is 6.24. The Bertz CT molecular complexity index is 507. The van der Waals surface area contributed by atoms with Gasteiger partial charge in [-0.2, -0.15) is 13.2 Å². The zero-order chi connectivity index (χ0) is 15.1. The van der Waals surface area contributed by atoms with Crippen LogP contribution in [0.2, 0.25) is 0 Å². The average molecular weight is 285 g/mol. The van der Waals surface area contributed by atoms with Gasteiger partial charge >= 0.3 is 6.18 Å². The molecule has 0 saturated heterocycles. The maximum Gasteiger partial charge on any atom is 0.391 e. The van der Waals surface area contributed by atoms with E-state index in [0.717, 1.165) is 22.3 Å². The van der Waals surface area contributed by atoms with Gasteiger partial charge in [-0.1, -0.05) is 18.6 Å². The van der Waals surface area contributed by atoms with Gasteiger partial charge in [-0.25, -0.2) is 0 Å². The van der Waals surface area contributed by atoms with Crippen LogP contribution in [0.15, 0.2) is 12.1 Å². The first-order chi connectivity index (χ1) is 9.13. The van der Waals surface area contributed by atoms with Crippen LogP contribution in [0.4, 0.5) is 13.2 Å². The Morgan fingerprint density at radius 3 is 2.30 bits per heavy atom. The molecular weight excluding hydrogens is 263 g/mol. The van der Waals surface area contributed by atoms with Crippen LogP contribution in [-0.4, -0.2) is 6.18 Å². The normalized spacial score (nSPS) is 27.6. The van der Waals surface area contributed by atoms with E-state index in [1.807, 2.05) is 32.9 Å². The van der Waals surface area contributed by atoms with Gasteiger partial charge in [-0.05, 0) is 62.3 Å². The summed E-state index contributed by atoms with van der Waals surface area (Å²) in [5, 5.41) is 0. The van der Waals surface area contributed by atoms with Gasteiger partial charge in [0.1, 0.15) is 0 Å². The van der Waals surface area contributed by atoms with Crippen LogP contribution in [0.5, 0.6) is 0 Å². The monoisotopic (exact) mass is 285 g/mol. The second-order valence-electron chi connectivity index (χ2n) is 6.24. The minimum atomic E-state index is -4.14. The van der Waals surface area contributed by atoms with Crippen molar-refractivity contribution in [3.05, 3.63) is 34.4 Å². The third kappa shape index (κ3) is 2.85. The fourth-order valence-corrected chi connectivity index (χ4v) is 3.33. The van der Waals surface area contributed by atoms with Gasteiger partial charge in [-0.15, -0.1) is 0 Å². The second kappa shape index (κ2) is 5.06. The summed E-state index contributed by atoms with van der Waals surface area (Å²) in [6.45, 7) is 5.92. The van der Waals surface area contributed by atoms with E-state index in [-0.39, 0.29) is 12.8 Å². The van der Waals surface area contributed by atoms with Gasteiger partial charge in [0.15, 0.2) is 0 Å². The Balaban J connectivity index is 2.38. The molecule has 4 heteroatoms. The molecule has 1 aliphatic carbocycles. The molecule has 0 amide bonds. The summed E-state index contributed by atoms with van der Waals surface area (Å²) in [5.74, 6) is -1.28. The topological polar surface area (TPSA) is 26.0 Å². The fourth-order valence-electron chi connectivity index (χ4n) is 3.33. The van der Waals surface area contributed by atoms with E-state index >= 15 is 0 Å². The van der Waals surface area contributed by atoms with Crippen molar-refractivity contribution in [3.63, 3.8) is 0 Å². The van der Waals surface area contributed by atoms with Crippen molar-refractivity contribution in [2.45, 2.75) is 58.2 Å². The van der Waals surface area contributed by atoms with Gasteiger partial charge in [0.2, 0.25) is 0 Å². The lowest BCUT2D eigenvalue weighted by molar-refractivity contribution is -0.187. The van der Waals surface area contributed by atoms with E-state index in [2.05, 4.69) is 0 Å². The summed E-state index contributed by atoms with van der Waals surface area (Å²) in [5.41, 5.74) is 9.66. The number of hydrogen-bond donors (Lipinski definition) is 1. The third-order valence-electron chi connectivity index (χ3n) is 4.63. The average Bonchev–Trinajstić information content (AvgIpc) is 2.32. The number of nitrogens with two attached hydrogens (primary N) is 1. The number of alkyl halides is 3. The van der Waals surface area contributed by atoms with Crippen LogP contribution < -0.4 is 5.73 Å². The quantitative estimate of drug-likeness (QED) is 0.806. The van der Waals surface area contributed by atoms with E-state index in [1.54, 1.807) is 0 Å². The predicted octanol–water partition coefficient (Wildman–Crippen LogP) is 4.52. The molecule has 0 spiro atoms. The van der Waals surface area contributed by atoms with E-state index in [1.165, 1.54) is 0 Å². The maximum absolute atomic E-state index is 13.0. The van der Waals surface area contributed by atoms with Gasteiger partial charge in [-0.3, -0.25) is 0 Å². The molecule has 1 nitrogen and oxygen atoms in total. The largest absolute Gasteiger partial charge is 0.391 e. The van der Waals surface area contributed by atoms with Crippen molar-refractivity contribution in [2.24, 2.45) is 11.7 Å². The zero-order valence-electron chi connectivity index (χ0n) is 12.3. The van der Waals surface area contributed by atoms with Crippen LogP contribution in [0.3, 0.4) is 0 Å². The highest BCUT2D eigenvalue weighted by atomic mass is 19.4. The van der Waals surface area contributed by atoms with E-state index < -0.39 is 17.6 Å². The molecule has 0 aliphatic heterocycles. The molecule has 1 aromatic carbocycles. The summed E-state index contributed by atoms with van der Waals surface area (Å²) >= 11 is 0. The molecule has 0 bridgehead atoms. The standard InChI is InChI=1S/C16H22F3N/c1-10-7-12(3)14(8-11(10)2)15(20)6-4-5-13(9-15)16(17,18)19/h7-8,13H,4-6,9,20H2,1-3H3. The lowest BCUT2D eigenvalue weighted by Crippen LogP contribution is -2.45. The van der Waals surface area contributed by atoms with Crippen LogP contribution in [-0.2, 0) is 5.54 Å². The summed E-state index contributed by atoms with van der Waals surface area (Å²) in [4.78, 5) is 0. The Kier molecular flexibility index (Phi) is 3.89. The third-order valence-corrected chi connectivity index (χ3v) is 4.63. The van der Waals surface area contributed by atoms with Gasteiger partial charge in [0.25, 0.3) is 0 Å². The first kappa shape index (κ1) is 15.4. The smallest absolute Gasteiger partial charge is 0.321 e. The van der Waals surface area contributed by atoms with Crippen molar-refractivity contribution in [1.82, 2.24) is 0 Å². The maximum atomic E-state index is 13.0. The molecule has 0 aromatic heterocycles. The molecular formula is C16H22F3N. The Morgan fingerprint density at radius 2 is 1.70 bits per heavy atom. The van der Waals surface area contributed by atoms with Crippen LogP contribution in [0.1, 0.15) is 47.9 Å². The summed E-state index contributed by atoms with van der Waals surface area (Å²) in [6, 6.07) is 4.00. The molecule has 112 valence electrons. The first-order valence-corrected chi connectivity index (χ1v) is 7.07. The van der Waals surface area contributed by atoms with Crippen LogP contribution in [0, 0.1) is 26.7 Å². The molecule has 0 heterocycles. The Morgan fingerprint density at radius 1 is 1.10 bits per heavy atom. The van der Waals surface area contributed by atoms with Crippen molar-refractivity contribution in [3.8, 4) is 0 Å². The predicted molar refractivity (Wildman–Crippen MR) is 74.5 cm³/mol. The molecule has 20 heavy (non-hydrogen) atoms. The number of halogens is 3. The molecule has 1 saturated carbocycles. The highest BCUT2D eigenvalue weighted by Gasteiger charge is 2.47. The van der Waals surface area contributed by atoms with Crippen molar-refractivity contribution in [2.75, 3.05) is 0 Å². The number of benzene rings is 1. The Labute approximate surface area is 118 Å². The molecule has 2 atom stereocenters. The zero-order valence-corrected chi connectivity index (χ0v) is 12.3. The van der Waals surface area contributed by atoms with Crippen LogP contribution >= 0.6 is 0 Å². The molecule has 0 radical (unpaired) electrons. The molecule has 2 rings (SSSR count).